The molecule has 1 aliphatic rings. The molecular weight excluding hydrogens is 298 g/mol. The second-order valence-corrected chi connectivity index (χ2v) is 6.38. The Kier molecular flexibility index (Phi) is 4.30. The minimum absolute atomic E-state index is 0.0891. The lowest BCUT2D eigenvalue weighted by Gasteiger charge is -2.15. The summed E-state index contributed by atoms with van der Waals surface area (Å²) in [5.74, 6) is -0.224. The predicted molar refractivity (Wildman–Crippen MR) is 79.3 cm³/mol. The van der Waals surface area contributed by atoms with Crippen LogP contribution in [0.3, 0.4) is 0 Å². The van der Waals surface area contributed by atoms with E-state index in [4.69, 9.17) is 16.3 Å². The van der Waals surface area contributed by atoms with Gasteiger partial charge in [-0.2, -0.15) is 0 Å². The molecule has 4 nitrogen and oxygen atoms in total. The number of carbonyl (C=O) groups is 2. The molecule has 1 aromatic rings. The van der Waals surface area contributed by atoms with Crippen molar-refractivity contribution in [2.24, 2.45) is 0 Å². The van der Waals surface area contributed by atoms with E-state index in [2.05, 4.69) is 0 Å². The van der Waals surface area contributed by atoms with Gasteiger partial charge in [0.1, 0.15) is 0 Å². The molecule has 1 aromatic carbocycles. The minimum atomic E-state index is -0.535. The van der Waals surface area contributed by atoms with Gasteiger partial charge in [-0.25, -0.2) is 0 Å². The van der Waals surface area contributed by atoms with Gasteiger partial charge in [0.2, 0.25) is 0 Å². The van der Waals surface area contributed by atoms with Crippen LogP contribution in [0.2, 0.25) is 5.02 Å². The summed E-state index contributed by atoms with van der Waals surface area (Å²) < 4.78 is 4.85. The third-order valence-corrected chi connectivity index (χ3v) is 4.91. The summed E-state index contributed by atoms with van der Waals surface area (Å²) >= 11 is 7.29. The molecule has 0 aromatic heterocycles. The van der Waals surface area contributed by atoms with Gasteiger partial charge >= 0.3 is 5.97 Å². The average molecular weight is 314 g/mol. The molecule has 0 N–H and O–H groups in total. The Morgan fingerprint density at radius 1 is 1.35 bits per heavy atom. The molecule has 0 aliphatic heterocycles. The third kappa shape index (κ3) is 2.79. The number of carbonyl (C=O) groups excluding carboxylic acids is 2. The van der Waals surface area contributed by atoms with Gasteiger partial charge in [0, 0.05) is 19.0 Å². The molecule has 0 saturated heterocycles. The number of nitrogens with zero attached hydrogens (tertiary/aromatic N) is 1. The summed E-state index contributed by atoms with van der Waals surface area (Å²) in [4.78, 5) is 25.7. The fourth-order valence-electron chi connectivity index (χ4n) is 2.00. The fourth-order valence-corrected chi connectivity index (χ4v) is 2.96. The van der Waals surface area contributed by atoms with E-state index < -0.39 is 5.41 Å². The third-order valence-electron chi connectivity index (χ3n) is 3.37. The Balaban J connectivity index is 2.23. The largest absolute Gasteiger partial charge is 0.468 e. The number of ether oxygens (including phenoxy) is 1. The molecule has 2 rings (SSSR count). The quantitative estimate of drug-likeness (QED) is 0.634. The average Bonchev–Trinajstić information content (AvgIpc) is 3.21. The molecule has 1 saturated carbocycles. The second-order valence-electron chi connectivity index (χ2n) is 4.98. The highest BCUT2D eigenvalue weighted by Gasteiger charge is 2.52. The molecule has 0 atom stereocenters. The van der Waals surface area contributed by atoms with E-state index in [9.17, 15) is 9.59 Å². The standard InChI is InChI=1S/C14H16ClNO3S/c1-16(2)13(18)20-11-5-4-9(8-10(11)15)14(6-7-14)12(17)19-3/h4-5,8H,6-7H2,1-3H3. The molecular formula is C14H16ClNO3S. The second kappa shape index (κ2) is 5.66. The van der Waals surface area contributed by atoms with Gasteiger partial charge in [-0.05, 0) is 42.3 Å². The van der Waals surface area contributed by atoms with Crippen LogP contribution in [0.4, 0.5) is 4.79 Å². The molecule has 1 aliphatic carbocycles. The zero-order valence-electron chi connectivity index (χ0n) is 11.6. The maximum atomic E-state index is 11.8. The van der Waals surface area contributed by atoms with Crippen LogP contribution < -0.4 is 0 Å². The van der Waals surface area contributed by atoms with Gasteiger partial charge in [0.05, 0.1) is 17.5 Å². The number of hydrogen-bond donors (Lipinski definition) is 0. The van der Waals surface area contributed by atoms with Crippen LogP contribution in [0.15, 0.2) is 23.1 Å². The molecule has 20 heavy (non-hydrogen) atoms. The molecule has 1 amide bonds. The monoisotopic (exact) mass is 313 g/mol. The summed E-state index contributed by atoms with van der Waals surface area (Å²) in [5.41, 5.74) is 0.323. The van der Waals surface area contributed by atoms with Gasteiger partial charge in [0.15, 0.2) is 0 Å². The lowest BCUT2D eigenvalue weighted by Crippen LogP contribution is -2.21. The molecule has 0 bridgehead atoms. The van der Waals surface area contributed by atoms with Gasteiger partial charge in [-0.3, -0.25) is 9.59 Å². The lowest BCUT2D eigenvalue weighted by atomic mass is 9.96. The van der Waals surface area contributed by atoms with Crippen LogP contribution in [0.1, 0.15) is 18.4 Å². The van der Waals surface area contributed by atoms with Crippen LogP contribution in [0.5, 0.6) is 0 Å². The fraction of sp³-hybridized carbons (Fsp3) is 0.429. The Morgan fingerprint density at radius 3 is 2.45 bits per heavy atom. The van der Waals surface area contributed by atoms with Crippen molar-refractivity contribution in [1.82, 2.24) is 4.90 Å². The first-order chi connectivity index (χ1) is 9.40. The van der Waals surface area contributed by atoms with Crippen LogP contribution in [0, 0.1) is 0 Å². The number of hydrogen-bond acceptors (Lipinski definition) is 4. The molecule has 0 spiro atoms. The van der Waals surface area contributed by atoms with Gasteiger partial charge in [0.25, 0.3) is 5.24 Å². The number of amides is 1. The Bertz CT molecular complexity index is 555. The van der Waals surface area contributed by atoms with Gasteiger partial charge in [-0.15, -0.1) is 0 Å². The highest BCUT2D eigenvalue weighted by atomic mass is 35.5. The van der Waals surface area contributed by atoms with Crippen molar-refractivity contribution in [3.05, 3.63) is 28.8 Å². The van der Waals surface area contributed by atoms with Crippen LogP contribution in [-0.4, -0.2) is 37.3 Å². The highest BCUT2D eigenvalue weighted by Crippen LogP contribution is 2.50. The number of thioether (sulfide) groups is 1. The van der Waals surface area contributed by atoms with E-state index in [1.165, 1.54) is 12.0 Å². The number of halogens is 1. The van der Waals surface area contributed by atoms with Crippen molar-refractivity contribution < 1.29 is 14.3 Å². The SMILES string of the molecule is COC(=O)C1(c2ccc(SC(=O)N(C)C)c(Cl)c2)CC1. The van der Waals surface area contributed by atoms with E-state index in [-0.39, 0.29) is 11.2 Å². The van der Waals surface area contributed by atoms with E-state index in [0.29, 0.717) is 9.92 Å². The summed E-state index contributed by atoms with van der Waals surface area (Å²) in [6.07, 6.45) is 1.55. The number of rotatable bonds is 3. The predicted octanol–water partition coefficient (Wildman–Crippen LogP) is 3.32. The van der Waals surface area contributed by atoms with Gasteiger partial charge < -0.3 is 9.64 Å². The van der Waals surface area contributed by atoms with Crippen LogP contribution in [-0.2, 0) is 14.9 Å². The smallest absolute Gasteiger partial charge is 0.316 e. The first-order valence-electron chi connectivity index (χ1n) is 6.18. The van der Waals surface area contributed by atoms with Gasteiger partial charge in [-0.1, -0.05) is 17.7 Å². The van der Waals surface area contributed by atoms with Crippen molar-refractivity contribution in [2.75, 3.05) is 21.2 Å². The molecule has 0 radical (unpaired) electrons. The number of methoxy groups -OCH3 is 1. The zero-order chi connectivity index (χ0) is 14.9. The minimum Gasteiger partial charge on any atom is -0.468 e. The highest BCUT2D eigenvalue weighted by molar-refractivity contribution is 8.13. The summed E-state index contributed by atoms with van der Waals surface area (Å²) in [7, 11) is 4.77. The maximum absolute atomic E-state index is 11.8. The Hall–Kier alpha value is -1.20. The zero-order valence-corrected chi connectivity index (χ0v) is 13.2. The van der Waals surface area contributed by atoms with E-state index >= 15 is 0 Å². The molecule has 6 heteroatoms. The molecule has 1 fully saturated rings. The molecule has 0 unspecified atom stereocenters. The first kappa shape index (κ1) is 15.2. The van der Waals surface area contributed by atoms with Crippen molar-refractivity contribution in [2.45, 2.75) is 23.2 Å². The maximum Gasteiger partial charge on any atom is 0.316 e. The van der Waals surface area contributed by atoms with Crippen molar-refractivity contribution in [3.63, 3.8) is 0 Å². The topological polar surface area (TPSA) is 46.6 Å². The van der Waals surface area contributed by atoms with E-state index in [1.807, 2.05) is 6.07 Å². The summed E-state index contributed by atoms with van der Waals surface area (Å²) in [5, 5.41) is 0.395. The number of esters is 1. The van der Waals surface area contributed by atoms with Crippen molar-refractivity contribution in [3.8, 4) is 0 Å². The molecule has 0 heterocycles. The Labute approximate surface area is 127 Å². The first-order valence-corrected chi connectivity index (χ1v) is 7.38. The lowest BCUT2D eigenvalue weighted by molar-refractivity contribution is -0.143. The van der Waals surface area contributed by atoms with Crippen molar-refractivity contribution >= 4 is 34.6 Å². The Morgan fingerprint density at radius 2 is 2.00 bits per heavy atom. The molecule has 108 valence electrons. The van der Waals surface area contributed by atoms with Crippen LogP contribution in [0.25, 0.3) is 0 Å². The number of benzene rings is 1. The van der Waals surface area contributed by atoms with E-state index in [1.54, 1.807) is 26.2 Å². The van der Waals surface area contributed by atoms with Crippen LogP contribution >= 0.6 is 23.4 Å². The van der Waals surface area contributed by atoms with Crippen molar-refractivity contribution in [1.29, 1.82) is 0 Å². The van der Waals surface area contributed by atoms with E-state index in [0.717, 1.165) is 30.2 Å². The summed E-state index contributed by atoms with van der Waals surface area (Å²) in [6.45, 7) is 0. The summed E-state index contributed by atoms with van der Waals surface area (Å²) in [6, 6.07) is 5.39. The normalized spacial score (nSPS) is 15.6.